The maximum Gasteiger partial charge on any atom is 0.207 e. The van der Waals surface area contributed by atoms with Gasteiger partial charge in [-0.25, -0.2) is 9.97 Å². The molecule has 18 heavy (non-hydrogen) atoms. The van der Waals surface area contributed by atoms with Crippen LogP contribution < -0.4 is 5.73 Å². The zero-order valence-corrected chi connectivity index (χ0v) is 11.5. The van der Waals surface area contributed by atoms with E-state index in [0.717, 1.165) is 15.7 Å². The predicted molar refractivity (Wildman–Crippen MR) is 76.0 cm³/mol. The molecule has 4 nitrogen and oxygen atoms in total. The van der Waals surface area contributed by atoms with Gasteiger partial charge in [-0.3, -0.25) is 4.57 Å². The number of halogens is 2. The van der Waals surface area contributed by atoms with Gasteiger partial charge in [-0.2, -0.15) is 0 Å². The molecule has 3 rings (SSSR count). The Hall–Kier alpha value is -1.59. The first kappa shape index (κ1) is 11.5. The minimum Gasteiger partial charge on any atom is -0.369 e. The van der Waals surface area contributed by atoms with Gasteiger partial charge in [0.05, 0.1) is 10.7 Å². The van der Waals surface area contributed by atoms with Crippen molar-refractivity contribution < 1.29 is 0 Å². The second-order valence-electron chi connectivity index (χ2n) is 3.75. The van der Waals surface area contributed by atoms with Gasteiger partial charge in [-0.05, 0) is 30.3 Å². The summed E-state index contributed by atoms with van der Waals surface area (Å²) in [6.45, 7) is 0. The molecule has 0 aliphatic heterocycles. The van der Waals surface area contributed by atoms with Crippen molar-refractivity contribution in [3.8, 4) is 5.69 Å². The van der Waals surface area contributed by atoms with Crippen molar-refractivity contribution in [1.29, 1.82) is 0 Å². The Morgan fingerprint density at radius 3 is 2.89 bits per heavy atom. The van der Waals surface area contributed by atoms with E-state index in [4.69, 9.17) is 17.3 Å². The fraction of sp³-hybridized carbons (Fsp3) is 0. The van der Waals surface area contributed by atoms with Crippen molar-refractivity contribution in [1.82, 2.24) is 14.5 Å². The van der Waals surface area contributed by atoms with E-state index in [1.54, 1.807) is 10.8 Å². The van der Waals surface area contributed by atoms with Gasteiger partial charge < -0.3 is 5.73 Å². The van der Waals surface area contributed by atoms with Gasteiger partial charge >= 0.3 is 0 Å². The third kappa shape index (κ3) is 1.76. The Morgan fingerprint density at radius 1 is 1.28 bits per heavy atom. The number of nitrogens with two attached hydrogens (primary N) is 1. The summed E-state index contributed by atoms with van der Waals surface area (Å²) in [6, 6.07) is 9.27. The smallest absolute Gasteiger partial charge is 0.207 e. The molecule has 0 amide bonds. The largest absolute Gasteiger partial charge is 0.369 e. The number of nitrogens with zero attached hydrogens (tertiary/aromatic N) is 3. The molecule has 0 bridgehead atoms. The molecule has 0 aliphatic carbocycles. The van der Waals surface area contributed by atoms with Crippen LogP contribution in [0.25, 0.3) is 16.9 Å². The second kappa shape index (κ2) is 4.26. The van der Waals surface area contributed by atoms with Gasteiger partial charge in [0.15, 0.2) is 5.65 Å². The summed E-state index contributed by atoms with van der Waals surface area (Å²) in [5, 5.41) is 0.584. The van der Waals surface area contributed by atoms with Crippen LogP contribution in [0.5, 0.6) is 0 Å². The maximum absolute atomic E-state index is 6.23. The SMILES string of the molecule is Nc1nc2cccnc2n1-c1ccc(Br)cc1Cl. The molecule has 0 aliphatic rings. The van der Waals surface area contributed by atoms with E-state index in [0.29, 0.717) is 16.6 Å². The molecule has 2 N–H and O–H groups in total. The number of rotatable bonds is 1. The minimum atomic E-state index is 0.368. The van der Waals surface area contributed by atoms with Crippen molar-refractivity contribution >= 4 is 44.6 Å². The summed E-state index contributed by atoms with van der Waals surface area (Å²) in [4.78, 5) is 8.55. The molecule has 0 fully saturated rings. The van der Waals surface area contributed by atoms with Gasteiger partial charge in [-0.15, -0.1) is 0 Å². The third-order valence-corrected chi connectivity index (χ3v) is 3.39. The molecule has 90 valence electrons. The summed E-state index contributed by atoms with van der Waals surface area (Å²) in [6.07, 6.45) is 1.70. The van der Waals surface area contributed by atoms with Crippen molar-refractivity contribution in [2.75, 3.05) is 5.73 Å². The molecule has 0 radical (unpaired) electrons. The number of anilines is 1. The van der Waals surface area contributed by atoms with Crippen LogP contribution in [0.3, 0.4) is 0 Å². The zero-order valence-electron chi connectivity index (χ0n) is 9.14. The Balaban J connectivity index is 2.34. The van der Waals surface area contributed by atoms with E-state index < -0.39 is 0 Å². The summed E-state index contributed by atoms with van der Waals surface area (Å²) < 4.78 is 2.65. The van der Waals surface area contributed by atoms with Crippen molar-refractivity contribution in [2.45, 2.75) is 0 Å². The summed E-state index contributed by atoms with van der Waals surface area (Å²) in [5.41, 5.74) is 8.13. The average molecular weight is 324 g/mol. The lowest BCUT2D eigenvalue weighted by Gasteiger charge is -2.08. The molecule has 0 saturated carbocycles. The number of aromatic nitrogens is 3. The van der Waals surface area contributed by atoms with E-state index in [-0.39, 0.29) is 0 Å². The third-order valence-electron chi connectivity index (χ3n) is 2.59. The molecule has 0 atom stereocenters. The highest BCUT2D eigenvalue weighted by molar-refractivity contribution is 9.10. The number of fused-ring (bicyclic) bond motifs is 1. The molecule has 0 unspecified atom stereocenters. The number of imidazole rings is 1. The van der Waals surface area contributed by atoms with Gasteiger partial charge in [0.1, 0.15) is 5.52 Å². The molecular formula is C12H8BrClN4. The first-order valence-corrected chi connectivity index (χ1v) is 6.38. The topological polar surface area (TPSA) is 56.7 Å². The Morgan fingerprint density at radius 2 is 2.11 bits per heavy atom. The number of benzene rings is 1. The molecule has 6 heteroatoms. The van der Waals surface area contributed by atoms with Crippen LogP contribution in [0.2, 0.25) is 5.02 Å². The summed E-state index contributed by atoms with van der Waals surface area (Å²) >= 11 is 9.60. The molecule has 2 aromatic heterocycles. The second-order valence-corrected chi connectivity index (χ2v) is 5.07. The minimum absolute atomic E-state index is 0.368. The Bertz CT molecular complexity index is 738. The number of nitrogen functional groups attached to an aromatic ring is 1. The standard InChI is InChI=1S/C12H8BrClN4/c13-7-3-4-10(8(14)6-7)18-11-9(17-12(18)15)2-1-5-16-11/h1-6H,(H2,15,17). The van der Waals surface area contributed by atoms with E-state index in [1.165, 1.54) is 0 Å². The first-order valence-electron chi connectivity index (χ1n) is 5.21. The summed E-state index contributed by atoms with van der Waals surface area (Å²) in [7, 11) is 0. The van der Waals surface area contributed by atoms with Crippen LogP contribution in [0.4, 0.5) is 5.95 Å². The van der Waals surface area contributed by atoms with Gasteiger partial charge in [0, 0.05) is 10.7 Å². The van der Waals surface area contributed by atoms with Crippen molar-refractivity contribution in [2.24, 2.45) is 0 Å². The Labute approximate surface area is 117 Å². The zero-order chi connectivity index (χ0) is 12.7. The van der Waals surface area contributed by atoms with Gasteiger partial charge in [-0.1, -0.05) is 27.5 Å². The lowest BCUT2D eigenvalue weighted by Crippen LogP contribution is -2.02. The fourth-order valence-electron chi connectivity index (χ4n) is 1.83. The van der Waals surface area contributed by atoms with E-state index >= 15 is 0 Å². The number of hydrogen-bond acceptors (Lipinski definition) is 3. The van der Waals surface area contributed by atoms with E-state index in [2.05, 4.69) is 25.9 Å². The molecular weight excluding hydrogens is 316 g/mol. The fourth-order valence-corrected chi connectivity index (χ4v) is 2.59. The number of hydrogen-bond donors (Lipinski definition) is 1. The molecule has 0 spiro atoms. The lowest BCUT2D eigenvalue weighted by molar-refractivity contribution is 1.08. The van der Waals surface area contributed by atoms with E-state index in [1.807, 2.05) is 30.3 Å². The summed E-state index contributed by atoms with van der Waals surface area (Å²) in [5.74, 6) is 0.368. The molecule has 1 aromatic carbocycles. The lowest BCUT2D eigenvalue weighted by atomic mass is 10.3. The van der Waals surface area contributed by atoms with Gasteiger partial charge in [0.25, 0.3) is 0 Å². The maximum atomic E-state index is 6.23. The average Bonchev–Trinajstić information content (AvgIpc) is 2.66. The normalized spacial score (nSPS) is 11.0. The van der Waals surface area contributed by atoms with Crippen LogP contribution in [0.15, 0.2) is 41.0 Å². The van der Waals surface area contributed by atoms with Crippen LogP contribution in [0, 0.1) is 0 Å². The van der Waals surface area contributed by atoms with E-state index in [9.17, 15) is 0 Å². The number of pyridine rings is 1. The van der Waals surface area contributed by atoms with Crippen LogP contribution in [-0.4, -0.2) is 14.5 Å². The quantitative estimate of drug-likeness (QED) is 0.746. The van der Waals surface area contributed by atoms with Crippen molar-refractivity contribution in [3.63, 3.8) is 0 Å². The predicted octanol–water partition coefficient (Wildman–Crippen LogP) is 3.42. The molecule has 3 aromatic rings. The Kier molecular flexibility index (Phi) is 2.72. The highest BCUT2D eigenvalue weighted by atomic mass is 79.9. The molecule has 0 saturated heterocycles. The van der Waals surface area contributed by atoms with Crippen LogP contribution in [-0.2, 0) is 0 Å². The van der Waals surface area contributed by atoms with Crippen LogP contribution in [0.1, 0.15) is 0 Å². The van der Waals surface area contributed by atoms with Gasteiger partial charge in [0.2, 0.25) is 5.95 Å². The molecule has 2 heterocycles. The highest BCUT2D eigenvalue weighted by Gasteiger charge is 2.13. The first-order chi connectivity index (χ1) is 8.66. The monoisotopic (exact) mass is 322 g/mol. The van der Waals surface area contributed by atoms with Crippen molar-refractivity contribution in [3.05, 3.63) is 46.0 Å². The van der Waals surface area contributed by atoms with Crippen LogP contribution >= 0.6 is 27.5 Å². The highest BCUT2D eigenvalue weighted by Crippen LogP contribution is 2.29.